The molecule has 16 heavy (non-hydrogen) atoms. The van der Waals surface area contributed by atoms with Crippen LogP contribution in [0.15, 0.2) is 0 Å². The van der Waals surface area contributed by atoms with Crippen molar-refractivity contribution in [2.45, 2.75) is 45.6 Å². The summed E-state index contributed by atoms with van der Waals surface area (Å²) < 4.78 is 5.61. The van der Waals surface area contributed by atoms with Crippen LogP contribution in [-0.4, -0.2) is 43.8 Å². The Bertz CT molecular complexity index is 175. The molecule has 2 N–H and O–H groups in total. The van der Waals surface area contributed by atoms with Crippen molar-refractivity contribution in [3.63, 3.8) is 0 Å². The summed E-state index contributed by atoms with van der Waals surface area (Å²) in [5, 5.41) is 0. The molecule has 0 amide bonds. The van der Waals surface area contributed by atoms with Crippen molar-refractivity contribution in [1.29, 1.82) is 0 Å². The molecule has 1 saturated heterocycles. The van der Waals surface area contributed by atoms with E-state index < -0.39 is 0 Å². The Morgan fingerprint density at radius 1 is 1.38 bits per heavy atom. The first kappa shape index (κ1) is 13.9. The first-order chi connectivity index (χ1) is 7.77. The smallest absolute Gasteiger partial charge is 0.0593 e. The van der Waals surface area contributed by atoms with Crippen LogP contribution in [0.5, 0.6) is 0 Å². The summed E-state index contributed by atoms with van der Waals surface area (Å²) in [5.74, 6) is 0.839. The van der Waals surface area contributed by atoms with E-state index in [1.54, 1.807) is 0 Å². The van der Waals surface area contributed by atoms with Crippen molar-refractivity contribution in [3.8, 4) is 0 Å². The largest absolute Gasteiger partial charge is 0.380 e. The number of likely N-dealkylation sites (tertiary alicyclic amines) is 1. The standard InChI is InChI=1S/C13H28N2O/c1-3-4-8-16-9-7-15-6-5-12(2)10-13(15)11-14/h12-13H,3-11,14H2,1-2H3. The zero-order chi connectivity index (χ0) is 11.8. The van der Waals surface area contributed by atoms with Crippen LogP contribution in [0.4, 0.5) is 0 Å². The monoisotopic (exact) mass is 228 g/mol. The van der Waals surface area contributed by atoms with Gasteiger partial charge in [-0.25, -0.2) is 0 Å². The van der Waals surface area contributed by atoms with Gasteiger partial charge in [0.15, 0.2) is 0 Å². The Kier molecular flexibility index (Phi) is 7.01. The van der Waals surface area contributed by atoms with E-state index in [0.29, 0.717) is 6.04 Å². The number of ether oxygens (including phenoxy) is 1. The summed E-state index contributed by atoms with van der Waals surface area (Å²) in [7, 11) is 0. The molecule has 0 bridgehead atoms. The van der Waals surface area contributed by atoms with Crippen molar-refractivity contribution in [2.75, 3.05) is 32.8 Å². The van der Waals surface area contributed by atoms with Gasteiger partial charge < -0.3 is 10.5 Å². The second-order valence-electron chi connectivity index (χ2n) is 5.02. The molecular weight excluding hydrogens is 200 g/mol. The van der Waals surface area contributed by atoms with E-state index in [4.69, 9.17) is 10.5 Å². The predicted octanol–water partition coefficient (Wildman–Crippen LogP) is 1.86. The lowest BCUT2D eigenvalue weighted by Crippen LogP contribution is -2.47. The van der Waals surface area contributed by atoms with Gasteiger partial charge in [-0.15, -0.1) is 0 Å². The van der Waals surface area contributed by atoms with Crippen LogP contribution in [-0.2, 0) is 4.74 Å². The molecule has 96 valence electrons. The van der Waals surface area contributed by atoms with Gasteiger partial charge in [0.25, 0.3) is 0 Å². The number of nitrogens with two attached hydrogens (primary N) is 1. The fraction of sp³-hybridized carbons (Fsp3) is 1.00. The molecule has 1 aliphatic heterocycles. The molecule has 0 aromatic heterocycles. The summed E-state index contributed by atoms with van der Waals surface area (Å²) in [6.45, 7) is 9.34. The Morgan fingerprint density at radius 2 is 2.19 bits per heavy atom. The van der Waals surface area contributed by atoms with E-state index in [-0.39, 0.29) is 0 Å². The van der Waals surface area contributed by atoms with Gasteiger partial charge in [-0.2, -0.15) is 0 Å². The minimum Gasteiger partial charge on any atom is -0.380 e. The van der Waals surface area contributed by atoms with Crippen molar-refractivity contribution in [3.05, 3.63) is 0 Å². The molecule has 2 unspecified atom stereocenters. The lowest BCUT2D eigenvalue weighted by Gasteiger charge is -2.37. The second-order valence-corrected chi connectivity index (χ2v) is 5.02. The Hall–Kier alpha value is -0.120. The maximum atomic E-state index is 5.83. The average Bonchev–Trinajstić information content (AvgIpc) is 2.30. The van der Waals surface area contributed by atoms with E-state index in [9.17, 15) is 0 Å². The maximum absolute atomic E-state index is 5.83. The molecule has 1 rings (SSSR count). The molecule has 0 aromatic carbocycles. The summed E-state index contributed by atoms with van der Waals surface area (Å²) in [6, 6.07) is 0.582. The van der Waals surface area contributed by atoms with Gasteiger partial charge in [-0.05, 0) is 31.7 Å². The zero-order valence-electron chi connectivity index (χ0n) is 11.0. The highest BCUT2D eigenvalue weighted by molar-refractivity contribution is 4.80. The number of piperidine rings is 1. The molecule has 1 aliphatic rings. The van der Waals surface area contributed by atoms with Crippen LogP contribution < -0.4 is 5.73 Å². The molecule has 1 heterocycles. The summed E-state index contributed by atoms with van der Waals surface area (Å²) in [5.41, 5.74) is 5.83. The van der Waals surface area contributed by atoms with E-state index in [2.05, 4.69) is 18.7 Å². The number of rotatable bonds is 7. The first-order valence-electron chi connectivity index (χ1n) is 6.79. The summed E-state index contributed by atoms with van der Waals surface area (Å²) in [6.07, 6.45) is 4.96. The topological polar surface area (TPSA) is 38.5 Å². The Morgan fingerprint density at radius 3 is 2.88 bits per heavy atom. The Balaban J connectivity index is 2.14. The summed E-state index contributed by atoms with van der Waals surface area (Å²) in [4.78, 5) is 2.51. The van der Waals surface area contributed by atoms with E-state index in [1.807, 2.05) is 0 Å². The molecule has 0 aromatic rings. The quantitative estimate of drug-likeness (QED) is 0.676. The van der Waals surface area contributed by atoms with Crippen molar-refractivity contribution in [2.24, 2.45) is 11.7 Å². The average molecular weight is 228 g/mol. The van der Waals surface area contributed by atoms with Crippen LogP contribution in [0.3, 0.4) is 0 Å². The highest BCUT2D eigenvalue weighted by Gasteiger charge is 2.24. The van der Waals surface area contributed by atoms with E-state index in [1.165, 1.54) is 32.2 Å². The third kappa shape index (κ3) is 4.81. The van der Waals surface area contributed by atoms with Crippen LogP contribution >= 0.6 is 0 Å². The Labute approximate surface area is 100 Å². The normalized spacial score (nSPS) is 27.2. The molecule has 3 heteroatoms. The third-order valence-electron chi connectivity index (χ3n) is 3.54. The third-order valence-corrected chi connectivity index (χ3v) is 3.54. The summed E-state index contributed by atoms with van der Waals surface area (Å²) >= 11 is 0. The highest BCUT2D eigenvalue weighted by Crippen LogP contribution is 2.21. The van der Waals surface area contributed by atoms with Gasteiger partial charge in [-0.3, -0.25) is 4.90 Å². The molecule has 1 fully saturated rings. The van der Waals surface area contributed by atoms with Gasteiger partial charge in [0.05, 0.1) is 6.61 Å². The zero-order valence-corrected chi connectivity index (χ0v) is 11.0. The fourth-order valence-corrected chi connectivity index (χ4v) is 2.37. The maximum Gasteiger partial charge on any atom is 0.0593 e. The number of nitrogens with zero attached hydrogens (tertiary/aromatic N) is 1. The first-order valence-corrected chi connectivity index (χ1v) is 6.79. The van der Waals surface area contributed by atoms with Crippen LogP contribution in [0.1, 0.15) is 39.5 Å². The van der Waals surface area contributed by atoms with Gasteiger partial charge >= 0.3 is 0 Å². The molecule has 0 spiro atoms. The molecule has 0 saturated carbocycles. The van der Waals surface area contributed by atoms with Crippen molar-refractivity contribution < 1.29 is 4.74 Å². The SMILES string of the molecule is CCCCOCCN1CCC(C)CC1CN. The van der Waals surface area contributed by atoms with Crippen LogP contribution in [0.25, 0.3) is 0 Å². The van der Waals surface area contributed by atoms with E-state index in [0.717, 1.165) is 32.2 Å². The highest BCUT2D eigenvalue weighted by atomic mass is 16.5. The molecule has 2 atom stereocenters. The number of hydrogen-bond acceptors (Lipinski definition) is 3. The molecule has 0 aliphatic carbocycles. The van der Waals surface area contributed by atoms with E-state index >= 15 is 0 Å². The lowest BCUT2D eigenvalue weighted by atomic mass is 9.92. The lowest BCUT2D eigenvalue weighted by molar-refractivity contribution is 0.0617. The van der Waals surface area contributed by atoms with Crippen molar-refractivity contribution in [1.82, 2.24) is 4.90 Å². The van der Waals surface area contributed by atoms with Gasteiger partial charge in [0.2, 0.25) is 0 Å². The minimum atomic E-state index is 0.582. The molecule has 3 nitrogen and oxygen atoms in total. The number of unbranched alkanes of at least 4 members (excludes halogenated alkanes) is 1. The molecule has 0 radical (unpaired) electrons. The van der Waals surface area contributed by atoms with Gasteiger partial charge in [0.1, 0.15) is 0 Å². The molecular formula is C13H28N2O. The van der Waals surface area contributed by atoms with Crippen LogP contribution in [0.2, 0.25) is 0 Å². The second kappa shape index (κ2) is 8.04. The predicted molar refractivity (Wildman–Crippen MR) is 68.5 cm³/mol. The van der Waals surface area contributed by atoms with Crippen molar-refractivity contribution >= 4 is 0 Å². The van der Waals surface area contributed by atoms with Gasteiger partial charge in [0, 0.05) is 25.7 Å². The number of hydrogen-bond donors (Lipinski definition) is 1. The van der Waals surface area contributed by atoms with Gasteiger partial charge in [-0.1, -0.05) is 20.3 Å². The van der Waals surface area contributed by atoms with Crippen LogP contribution in [0, 0.1) is 5.92 Å². The minimum absolute atomic E-state index is 0.582. The fourth-order valence-electron chi connectivity index (χ4n) is 2.37.